The van der Waals surface area contributed by atoms with Gasteiger partial charge in [0.25, 0.3) is 0 Å². The van der Waals surface area contributed by atoms with E-state index >= 15 is 0 Å². The average Bonchev–Trinajstić information content (AvgIpc) is 2.87. The number of nitrogens with zero attached hydrogens (tertiary/aromatic N) is 3. The molecule has 5 heteroatoms. The van der Waals surface area contributed by atoms with Crippen molar-refractivity contribution in [1.29, 1.82) is 0 Å². The van der Waals surface area contributed by atoms with Crippen molar-refractivity contribution in [3.63, 3.8) is 0 Å². The van der Waals surface area contributed by atoms with Gasteiger partial charge in [-0.25, -0.2) is 9.78 Å². The van der Waals surface area contributed by atoms with Crippen LogP contribution in [0.25, 0.3) is 0 Å². The Labute approximate surface area is 121 Å². The van der Waals surface area contributed by atoms with E-state index in [4.69, 9.17) is 0 Å². The van der Waals surface area contributed by atoms with Crippen LogP contribution in [0, 0.1) is 0 Å². The second-order valence-electron chi connectivity index (χ2n) is 6.15. The monoisotopic (exact) mass is 278 g/mol. The number of amides is 2. The molecule has 2 amide bonds. The molecule has 1 aromatic heterocycles. The molecule has 0 unspecified atom stereocenters. The first-order valence-electron chi connectivity index (χ1n) is 7.57. The van der Waals surface area contributed by atoms with Gasteiger partial charge in [-0.05, 0) is 40.5 Å². The van der Waals surface area contributed by atoms with E-state index in [2.05, 4.69) is 34.9 Å². The van der Waals surface area contributed by atoms with Crippen LogP contribution in [0.2, 0.25) is 0 Å². The van der Waals surface area contributed by atoms with Crippen LogP contribution in [0.3, 0.4) is 0 Å². The summed E-state index contributed by atoms with van der Waals surface area (Å²) in [6.45, 7) is 9.96. The van der Waals surface area contributed by atoms with Crippen LogP contribution in [-0.4, -0.2) is 39.6 Å². The van der Waals surface area contributed by atoms with Crippen molar-refractivity contribution in [2.75, 3.05) is 13.1 Å². The Morgan fingerprint density at radius 2 is 1.95 bits per heavy atom. The summed E-state index contributed by atoms with van der Waals surface area (Å²) in [7, 11) is 0. The Balaban J connectivity index is 1.94. The van der Waals surface area contributed by atoms with Crippen LogP contribution in [0.15, 0.2) is 12.4 Å². The molecule has 1 aromatic rings. The van der Waals surface area contributed by atoms with Gasteiger partial charge in [-0.3, -0.25) is 0 Å². The van der Waals surface area contributed by atoms with Crippen molar-refractivity contribution in [2.24, 2.45) is 0 Å². The first-order chi connectivity index (χ1) is 9.49. The zero-order chi connectivity index (χ0) is 14.7. The molecule has 5 nitrogen and oxygen atoms in total. The smallest absolute Gasteiger partial charge is 0.317 e. The highest BCUT2D eigenvalue weighted by molar-refractivity contribution is 5.74. The molecule has 1 aliphatic rings. The summed E-state index contributed by atoms with van der Waals surface area (Å²) in [6.07, 6.45) is 5.93. The molecule has 1 N–H and O–H groups in total. The minimum absolute atomic E-state index is 0.0608. The van der Waals surface area contributed by atoms with Crippen molar-refractivity contribution in [1.82, 2.24) is 19.8 Å². The van der Waals surface area contributed by atoms with Gasteiger partial charge in [0, 0.05) is 43.5 Å². The highest BCUT2D eigenvalue weighted by Crippen LogP contribution is 2.28. The third-order valence-corrected chi connectivity index (χ3v) is 3.81. The van der Waals surface area contributed by atoms with Crippen molar-refractivity contribution in [3.8, 4) is 0 Å². The third kappa shape index (κ3) is 3.32. The van der Waals surface area contributed by atoms with Gasteiger partial charge in [-0.15, -0.1) is 0 Å². The summed E-state index contributed by atoms with van der Waals surface area (Å²) in [5.41, 5.74) is 0. The number of carbonyl (C=O) groups is 1. The molecule has 1 aliphatic heterocycles. The number of rotatable bonds is 3. The zero-order valence-corrected chi connectivity index (χ0v) is 13.0. The zero-order valence-electron chi connectivity index (χ0n) is 13.0. The molecule has 0 atom stereocenters. The van der Waals surface area contributed by atoms with Gasteiger partial charge >= 0.3 is 6.03 Å². The Morgan fingerprint density at radius 3 is 2.50 bits per heavy atom. The molecule has 112 valence electrons. The van der Waals surface area contributed by atoms with Crippen LogP contribution in [0.1, 0.15) is 58.3 Å². The van der Waals surface area contributed by atoms with Crippen molar-refractivity contribution in [2.45, 2.75) is 58.5 Å². The molecule has 1 fully saturated rings. The number of piperidine rings is 1. The van der Waals surface area contributed by atoms with Crippen LogP contribution in [0.5, 0.6) is 0 Å². The fourth-order valence-corrected chi connectivity index (χ4v) is 2.76. The fraction of sp³-hybridized carbons (Fsp3) is 0.733. The molecule has 1 saturated heterocycles. The molecule has 2 rings (SSSR count). The number of hydrogen-bond acceptors (Lipinski definition) is 2. The van der Waals surface area contributed by atoms with Crippen LogP contribution in [0.4, 0.5) is 4.79 Å². The summed E-state index contributed by atoms with van der Waals surface area (Å²) < 4.78 is 2.24. The number of hydrogen-bond donors (Lipinski definition) is 1. The molecule has 2 heterocycles. The van der Waals surface area contributed by atoms with E-state index in [1.807, 2.05) is 24.9 Å². The fourth-order valence-electron chi connectivity index (χ4n) is 2.76. The third-order valence-electron chi connectivity index (χ3n) is 3.81. The molecule has 0 spiro atoms. The van der Waals surface area contributed by atoms with Gasteiger partial charge in [0.1, 0.15) is 5.82 Å². The summed E-state index contributed by atoms with van der Waals surface area (Å²) in [5, 5.41) is 2.96. The van der Waals surface area contributed by atoms with Gasteiger partial charge < -0.3 is 14.8 Å². The summed E-state index contributed by atoms with van der Waals surface area (Å²) in [6, 6.07) is 0.695. The van der Waals surface area contributed by atoms with Crippen LogP contribution >= 0.6 is 0 Å². The molecule has 0 aromatic carbocycles. The van der Waals surface area contributed by atoms with Gasteiger partial charge in [-0.2, -0.15) is 0 Å². The summed E-state index contributed by atoms with van der Waals surface area (Å²) in [4.78, 5) is 18.4. The number of imidazole rings is 1. The second-order valence-corrected chi connectivity index (χ2v) is 6.15. The molecule has 0 radical (unpaired) electrons. The molecule has 0 aliphatic carbocycles. The first kappa shape index (κ1) is 14.9. The standard InChI is InChI=1S/C15H26N4O/c1-11(2)17-15(20)18-8-5-13(6-9-18)14-16-7-10-19(14)12(3)4/h7,10-13H,5-6,8-9H2,1-4H3,(H,17,20). The van der Waals surface area contributed by atoms with Gasteiger partial charge in [0.2, 0.25) is 0 Å². The van der Waals surface area contributed by atoms with E-state index in [1.165, 1.54) is 5.82 Å². The molecule has 0 bridgehead atoms. The van der Waals surface area contributed by atoms with E-state index in [0.717, 1.165) is 25.9 Å². The van der Waals surface area contributed by atoms with Gasteiger partial charge in [-0.1, -0.05) is 0 Å². The van der Waals surface area contributed by atoms with E-state index < -0.39 is 0 Å². The second kappa shape index (κ2) is 6.29. The maximum Gasteiger partial charge on any atom is 0.317 e. The van der Waals surface area contributed by atoms with Crippen molar-refractivity contribution < 1.29 is 4.79 Å². The van der Waals surface area contributed by atoms with E-state index in [-0.39, 0.29) is 12.1 Å². The lowest BCUT2D eigenvalue weighted by molar-refractivity contribution is 0.177. The molecular formula is C15H26N4O. The maximum atomic E-state index is 12.0. The van der Waals surface area contributed by atoms with Crippen molar-refractivity contribution in [3.05, 3.63) is 18.2 Å². The Morgan fingerprint density at radius 1 is 1.30 bits per heavy atom. The van der Waals surface area contributed by atoms with Crippen LogP contribution < -0.4 is 5.32 Å². The Kier molecular flexibility index (Phi) is 4.68. The summed E-state index contributed by atoms with van der Waals surface area (Å²) >= 11 is 0. The van der Waals surface area contributed by atoms with Crippen molar-refractivity contribution >= 4 is 6.03 Å². The quantitative estimate of drug-likeness (QED) is 0.924. The van der Waals surface area contributed by atoms with E-state index in [1.54, 1.807) is 0 Å². The van der Waals surface area contributed by atoms with Gasteiger partial charge in [0.05, 0.1) is 0 Å². The molecular weight excluding hydrogens is 252 g/mol. The van der Waals surface area contributed by atoms with Gasteiger partial charge in [0.15, 0.2) is 0 Å². The Hall–Kier alpha value is -1.52. The number of aromatic nitrogens is 2. The number of carbonyl (C=O) groups excluding carboxylic acids is 1. The highest BCUT2D eigenvalue weighted by atomic mass is 16.2. The minimum Gasteiger partial charge on any atom is -0.336 e. The summed E-state index contributed by atoms with van der Waals surface area (Å²) in [5.74, 6) is 1.64. The molecule has 20 heavy (non-hydrogen) atoms. The SMILES string of the molecule is CC(C)NC(=O)N1CCC(c2nccn2C(C)C)CC1. The average molecular weight is 278 g/mol. The lowest BCUT2D eigenvalue weighted by Gasteiger charge is -2.32. The first-order valence-corrected chi connectivity index (χ1v) is 7.57. The van der Waals surface area contributed by atoms with Crippen LogP contribution in [-0.2, 0) is 0 Å². The number of nitrogens with one attached hydrogen (secondary N) is 1. The predicted molar refractivity (Wildman–Crippen MR) is 79.8 cm³/mol. The van der Waals surface area contributed by atoms with E-state index in [9.17, 15) is 4.79 Å². The topological polar surface area (TPSA) is 50.2 Å². The number of likely N-dealkylation sites (tertiary alicyclic amines) is 1. The van der Waals surface area contributed by atoms with E-state index in [0.29, 0.717) is 12.0 Å². The predicted octanol–water partition coefficient (Wildman–Crippen LogP) is 2.76. The lowest BCUT2D eigenvalue weighted by Crippen LogP contribution is -2.46. The lowest BCUT2D eigenvalue weighted by atomic mass is 9.96. The molecule has 0 saturated carbocycles. The normalized spacial score (nSPS) is 17.0. The largest absolute Gasteiger partial charge is 0.336 e. The Bertz CT molecular complexity index is 444. The minimum atomic E-state index is 0.0608. The number of urea groups is 1. The highest BCUT2D eigenvalue weighted by Gasteiger charge is 2.26. The maximum absolute atomic E-state index is 12.0.